The van der Waals surface area contributed by atoms with Crippen molar-refractivity contribution in [2.75, 3.05) is 13.3 Å². The molecular weight excluding hydrogens is 412 g/mol. The molecule has 1 aliphatic rings. The van der Waals surface area contributed by atoms with E-state index < -0.39 is 17.4 Å². The molecule has 0 fully saturated rings. The Hall–Kier alpha value is -2.88. The van der Waals surface area contributed by atoms with Crippen LogP contribution in [-0.2, 0) is 21.7 Å². The first-order chi connectivity index (χ1) is 14.1. The normalized spacial score (nSPS) is 14.2. The third-order valence-corrected chi connectivity index (χ3v) is 6.23. The van der Waals surface area contributed by atoms with E-state index >= 15 is 0 Å². The molecule has 0 saturated carbocycles. The Balaban J connectivity index is 1.36. The lowest BCUT2D eigenvalue weighted by atomic mass is 9.94. The maximum atomic E-state index is 12.3. The minimum absolute atomic E-state index is 0.111. The molecule has 0 radical (unpaired) electrons. The minimum atomic E-state index is -1.39. The fourth-order valence-corrected chi connectivity index (χ4v) is 4.52. The smallest absolute Gasteiger partial charge is 0.309 e. The molecule has 1 atom stereocenters. The van der Waals surface area contributed by atoms with Crippen molar-refractivity contribution in [2.24, 2.45) is 0 Å². The molecule has 3 N–H and O–H groups in total. The number of hydrogen-bond donors (Lipinski definition) is 3. The molecular formula is C20H18N2O5S2. The van der Waals surface area contributed by atoms with E-state index in [1.54, 1.807) is 30.3 Å². The maximum absolute atomic E-state index is 12.3. The van der Waals surface area contributed by atoms with Gasteiger partial charge in [-0.2, -0.15) is 11.3 Å². The lowest BCUT2D eigenvalue weighted by Crippen LogP contribution is -2.46. The Morgan fingerprint density at radius 2 is 1.90 bits per heavy atom. The van der Waals surface area contributed by atoms with Crippen LogP contribution >= 0.6 is 22.7 Å². The Morgan fingerprint density at radius 1 is 1.07 bits per heavy atom. The largest absolute Gasteiger partial charge is 0.454 e. The van der Waals surface area contributed by atoms with E-state index in [-0.39, 0.29) is 19.9 Å². The zero-order valence-corrected chi connectivity index (χ0v) is 16.8. The summed E-state index contributed by atoms with van der Waals surface area (Å²) in [5, 5.41) is 21.9. The topological polar surface area (TPSA) is 96.9 Å². The second kappa shape index (κ2) is 8.24. The molecule has 3 aromatic rings. The van der Waals surface area contributed by atoms with Gasteiger partial charge in [-0.05, 0) is 46.0 Å². The number of nitrogens with one attached hydrogen (secondary N) is 2. The summed E-state index contributed by atoms with van der Waals surface area (Å²) in [6.45, 7) is 0.230. The quantitative estimate of drug-likeness (QED) is 0.521. The number of fused-ring (bicyclic) bond motifs is 1. The molecule has 1 aliphatic heterocycles. The summed E-state index contributed by atoms with van der Waals surface area (Å²) in [4.78, 5) is 25.1. The summed E-state index contributed by atoms with van der Waals surface area (Å²) in [5.41, 5.74) is 0.0660. The summed E-state index contributed by atoms with van der Waals surface area (Å²) in [5.74, 6) is -0.324. The second-order valence-corrected chi connectivity index (χ2v) is 8.13. The monoisotopic (exact) mass is 430 g/mol. The SMILES string of the molecule is O=C(NCc1ccc2c(c1)OCO2)C(=O)NC[C@](O)(c1ccsc1)c1cccs1. The van der Waals surface area contributed by atoms with Crippen LogP contribution in [0.4, 0.5) is 0 Å². The predicted molar refractivity (Wildman–Crippen MR) is 109 cm³/mol. The van der Waals surface area contributed by atoms with E-state index in [1.807, 2.05) is 22.2 Å². The van der Waals surface area contributed by atoms with Crippen molar-refractivity contribution in [2.45, 2.75) is 12.1 Å². The van der Waals surface area contributed by atoms with Gasteiger partial charge in [0.25, 0.3) is 0 Å². The average molecular weight is 431 g/mol. The van der Waals surface area contributed by atoms with Crippen LogP contribution in [0.15, 0.2) is 52.5 Å². The third kappa shape index (κ3) is 4.12. The number of benzene rings is 1. The highest BCUT2D eigenvalue weighted by Gasteiger charge is 2.34. The number of ether oxygens (including phenoxy) is 2. The first-order valence-corrected chi connectivity index (χ1v) is 10.6. The van der Waals surface area contributed by atoms with E-state index in [2.05, 4.69) is 10.6 Å². The third-order valence-electron chi connectivity index (χ3n) is 4.53. The summed E-state index contributed by atoms with van der Waals surface area (Å²) in [6, 6.07) is 10.7. The summed E-state index contributed by atoms with van der Waals surface area (Å²) in [6.07, 6.45) is 0. The summed E-state index contributed by atoms with van der Waals surface area (Å²) in [7, 11) is 0. The maximum Gasteiger partial charge on any atom is 0.309 e. The van der Waals surface area contributed by atoms with Crippen LogP contribution in [0.1, 0.15) is 16.0 Å². The molecule has 150 valence electrons. The number of amides is 2. The Labute approximate surface area is 174 Å². The van der Waals surface area contributed by atoms with Crippen LogP contribution in [-0.4, -0.2) is 30.3 Å². The number of thiophene rings is 2. The first kappa shape index (κ1) is 19.4. The van der Waals surface area contributed by atoms with Crippen molar-refractivity contribution in [1.29, 1.82) is 0 Å². The van der Waals surface area contributed by atoms with Gasteiger partial charge in [-0.3, -0.25) is 9.59 Å². The van der Waals surface area contributed by atoms with Crippen LogP contribution in [0.3, 0.4) is 0 Å². The van der Waals surface area contributed by atoms with Crippen LogP contribution < -0.4 is 20.1 Å². The van der Waals surface area contributed by atoms with E-state index in [0.29, 0.717) is 21.9 Å². The standard InChI is InChI=1S/C20H18N2O5S2/c23-18(21-9-13-3-4-15-16(8-13)27-12-26-15)19(24)22-11-20(25,14-5-7-28-10-14)17-2-1-6-29-17/h1-8,10,25H,9,11-12H2,(H,21,23)(H,22,24)/t20-/m0/s1. The predicted octanol–water partition coefficient (Wildman–Crippen LogP) is 2.21. The van der Waals surface area contributed by atoms with Gasteiger partial charge in [0.05, 0.1) is 6.54 Å². The van der Waals surface area contributed by atoms with Gasteiger partial charge in [-0.15, -0.1) is 11.3 Å². The highest BCUT2D eigenvalue weighted by Crippen LogP contribution is 2.34. The fourth-order valence-electron chi connectivity index (χ4n) is 2.95. The van der Waals surface area contributed by atoms with Crippen molar-refractivity contribution in [1.82, 2.24) is 10.6 Å². The van der Waals surface area contributed by atoms with Gasteiger partial charge in [-0.1, -0.05) is 12.1 Å². The molecule has 0 spiro atoms. The number of aliphatic hydroxyl groups is 1. The molecule has 1 aromatic carbocycles. The first-order valence-electron chi connectivity index (χ1n) is 8.80. The van der Waals surface area contributed by atoms with Crippen LogP contribution in [0.2, 0.25) is 0 Å². The Bertz CT molecular complexity index is 968. The number of rotatable bonds is 6. The molecule has 2 aromatic heterocycles. The highest BCUT2D eigenvalue weighted by atomic mass is 32.1. The lowest BCUT2D eigenvalue weighted by molar-refractivity contribution is -0.139. The number of carbonyl (C=O) groups is 2. The molecule has 0 bridgehead atoms. The molecule has 29 heavy (non-hydrogen) atoms. The van der Waals surface area contributed by atoms with Crippen molar-refractivity contribution < 1.29 is 24.2 Å². The van der Waals surface area contributed by atoms with E-state index in [9.17, 15) is 14.7 Å². The molecule has 0 saturated heterocycles. The zero-order chi connectivity index (χ0) is 20.3. The summed E-state index contributed by atoms with van der Waals surface area (Å²) < 4.78 is 10.5. The molecule has 2 amide bonds. The minimum Gasteiger partial charge on any atom is -0.454 e. The van der Waals surface area contributed by atoms with E-state index in [1.165, 1.54) is 22.7 Å². The van der Waals surface area contributed by atoms with Gasteiger partial charge in [-0.25, -0.2) is 0 Å². The zero-order valence-electron chi connectivity index (χ0n) is 15.2. The average Bonchev–Trinajstić information content (AvgIpc) is 3.51. The highest BCUT2D eigenvalue weighted by molar-refractivity contribution is 7.10. The molecule has 3 heterocycles. The molecule has 0 unspecified atom stereocenters. The Kier molecular flexibility index (Phi) is 5.52. The number of hydrogen-bond acceptors (Lipinski definition) is 7. The van der Waals surface area contributed by atoms with E-state index in [0.717, 1.165) is 5.56 Å². The van der Waals surface area contributed by atoms with Crippen molar-refractivity contribution >= 4 is 34.5 Å². The van der Waals surface area contributed by atoms with Gasteiger partial charge in [0, 0.05) is 17.0 Å². The summed E-state index contributed by atoms with van der Waals surface area (Å²) >= 11 is 2.84. The van der Waals surface area contributed by atoms with Gasteiger partial charge in [0.1, 0.15) is 5.60 Å². The number of carbonyl (C=O) groups excluding carboxylic acids is 2. The molecule has 0 aliphatic carbocycles. The Morgan fingerprint density at radius 3 is 2.66 bits per heavy atom. The van der Waals surface area contributed by atoms with Crippen molar-refractivity contribution in [3.05, 3.63) is 68.5 Å². The van der Waals surface area contributed by atoms with Crippen LogP contribution in [0.25, 0.3) is 0 Å². The van der Waals surface area contributed by atoms with Crippen LogP contribution in [0, 0.1) is 0 Å². The lowest BCUT2D eigenvalue weighted by Gasteiger charge is -2.26. The van der Waals surface area contributed by atoms with Crippen molar-refractivity contribution in [3.63, 3.8) is 0 Å². The van der Waals surface area contributed by atoms with E-state index in [4.69, 9.17) is 9.47 Å². The van der Waals surface area contributed by atoms with Crippen molar-refractivity contribution in [3.8, 4) is 11.5 Å². The van der Waals surface area contributed by atoms with Crippen LogP contribution in [0.5, 0.6) is 11.5 Å². The van der Waals surface area contributed by atoms with Gasteiger partial charge >= 0.3 is 11.8 Å². The van der Waals surface area contributed by atoms with Gasteiger partial charge < -0.3 is 25.2 Å². The molecule has 4 rings (SSSR count). The fraction of sp³-hybridized carbons (Fsp3) is 0.200. The van der Waals surface area contributed by atoms with Gasteiger partial charge in [0.15, 0.2) is 11.5 Å². The molecule has 7 nitrogen and oxygen atoms in total. The van der Waals surface area contributed by atoms with Gasteiger partial charge in [0.2, 0.25) is 6.79 Å². The molecule has 9 heteroatoms. The second-order valence-electron chi connectivity index (χ2n) is 6.40.